The van der Waals surface area contributed by atoms with E-state index in [9.17, 15) is 31.2 Å². The quantitative estimate of drug-likeness (QED) is 0.382. The van der Waals surface area contributed by atoms with E-state index in [1.54, 1.807) is 31.2 Å². The molecule has 39 heavy (non-hydrogen) atoms. The summed E-state index contributed by atoms with van der Waals surface area (Å²) in [7, 11) is -3.93. The largest absolute Gasteiger partial charge is 0.416 e. The van der Waals surface area contributed by atoms with E-state index in [2.05, 4.69) is 5.32 Å². The Hall–Kier alpha value is -2.79. The molecule has 1 aliphatic carbocycles. The van der Waals surface area contributed by atoms with Gasteiger partial charge in [0.2, 0.25) is 21.8 Å². The second-order valence-electron chi connectivity index (χ2n) is 9.80. The molecule has 2 amide bonds. The summed E-state index contributed by atoms with van der Waals surface area (Å²) in [6, 6.07) is 10.2. The predicted molar refractivity (Wildman–Crippen MR) is 145 cm³/mol. The minimum Gasteiger partial charge on any atom is -0.352 e. The van der Waals surface area contributed by atoms with Crippen molar-refractivity contribution in [1.29, 1.82) is 0 Å². The smallest absolute Gasteiger partial charge is 0.352 e. The number of nitrogens with one attached hydrogen (secondary N) is 1. The van der Waals surface area contributed by atoms with Crippen LogP contribution in [0.4, 0.5) is 18.9 Å². The first-order valence-electron chi connectivity index (χ1n) is 12.7. The molecule has 1 fully saturated rings. The Kier molecular flexibility index (Phi) is 10.3. The fourth-order valence-electron chi connectivity index (χ4n) is 4.65. The van der Waals surface area contributed by atoms with Gasteiger partial charge in [0.05, 0.1) is 17.5 Å². The molecule has 1 atom stereocenters. The van der Waals surface area contributed by atoms with Gasteiger partial charge in [0.25, 0.3) is 0 Å². The fraction of sp³-hybridized carbons (Fsp3) is 0.481. The third-order valence-electron chi connectivity index (χ3n) is 6.72. The van der Waals surface area contributed by atoms with Gasteiger partial charge < -0.3 is 10.2 Å². The van der Waals surface area contributed by atoms with E-state index in [0.29, 0.717) is 5.02 Å². The second-order valence-corrected chi connectivity index (χ2v) is 12.1. The Balaban J connectivity index is 1.74. The summed E-state index contributed by atoms with van der Waals surface area (Å²) in [5.74, 6) is -0.666. The van der Waals surface area contributed by atoms with Gasteiger partial charge in [-0.25, -0.2) is 8.42 Å². The first kappa shape index (κ1) is 30.7. The Bertz CT molecular complexity index is 1270. The molecule has 214 valence electrons. The van der Waals surface area contributed by atoms with Gasteiger partial charge in [-0.3, -0.25) is 13.9 Å². The van der Waals surface area contributed by atoms with Gasteiger partial charge in [-0.05, 0) is 62.1 Å². The lowest BCUT2D eigenvalue weighted by molar-refractivity contribution is -0.141. The molecule has 0 saturated heterocycles. The minimum absolute atomic E-state index is 0.0329. The zero-order valence-corrected chi connectivity index (χ0v) is 23.5. The maximum Gasteiger partial charge on any atom is 0.416 e. The summed E-state index contributed by atoms with van der Waals surface area (Å²) in [5, 5.41) is 3.49. The number of hydrogen-bond donors (Lipinski definition) is 1. The Morgan fingerprint density at radius 2 is 1.77 bits per heavy atom. The number of sulfonamides is 1. The number of carbonyl (C=O) groups excluding carboxylic acids is 2. The zero-order chi connectivity index (χ0) is 28.8. The highest BCUT2D eigenvalue weighted by molar-refractivity contribution is 7.92. The van der Waals surface area contributed by atoms with E-state index in [0.717, 1.165) is 60.0 Å². The van der Waals surface area contributed by atoms with Crippen molar-refractivity contribution >= 4 is 39.1 Å². The molecule has 2 aromatic carbocycles. The second kappa shape index (κ2) is 13.0. The van der Waals surface area contributed by atoms with Crippen LogP contribution in [0.15, 0.2) is 48.5 Å². The van der Waals surface area contributed by atoms with Crippen LogP contribution in [-0.4, -0.2) is 50.0 Å². The molecule has 0 aromatic heterocycles. The highest BCUT2D eigenvalue weighted by Gasteiger charge is 2.32. The molecule has 7 nitrogen and oxygen atoms in total. The summed E-state index contributed by atoms with van der Waals surface area (Å²) in [6.45, 7) is 1.54. The first-order chi connectivity index (χ1) is 18.3. The lowest BCUT2D eigenvalue weighted by Crippen LogP contribution is -2.49. The van der Waals surface area contributed by atoms with Crippen molar-refractivity contribution in [2.45, 2.75) is 70.3 Å². The number of rotatable bonds is 11. The lowest BCUT2D eigenvalue weighted by Gasteiger charge is -2.30. The molecule has 0 unspecified atom stereocenters. The standard InChI is InChI=1S/C27H33ClF3N3O4S/c1-19(26(36)32-23-11-3-4-12-23)33(18-20-8-5-10-22(28)16-20)25(35)14-7-15-34(39(2,37)38)24-13-6-9-21(17-24)27(29,30)31/h5-6,8-10,13,16-17,19,23H,3-4,7,11-12,14-15,18H2,1-2H3,(H,32,36)/t19-/m1/s1. The summed E-state index contributed by atoms with van der Waals surface area (Å²) < 4.78 is 65.3. The highest BCUT2D eigenvalue weighted by Crippen LogP contribution is 2.32. The van der Waals surface area contributed by atoms with Crippen LogP contribution in [0, 0.1) is 0 Å². The molecule has 0 heterocycles. The number of amides is 2. The zero-order valence-electron chi connectivity index (χ0n) is 21.9. The molecule has 0 aliphatic heterocycles. The molecule has 0 radical (unpaired) electrons. The van der Waals surface area contributed by atoms with E-state index >= 15 is 0 Å². The van der Waals surface area contributed by atoms with Crippen LogP contribution >= 0.6 is 11.6 Å². The van der Waals surface area contributed by atoms with Gasteiger partial charge in [0, 0.05) is 30.6 Å². The van der Waals surface area contributed by atoms with Crippen LogP contribution in [0.5, 0.6) is 0 Å². The van der Waals surface area contributed by atoms with Crippen LogP contribution in [-0.2, 0) is 32.3 Å². The van der Waals surface area contributed by atoms with E-state index < -0.39 is 27.8 Å². The number of hydrogen-bond acceptors (Lipinski definition) is 4. The summed E-state index contributed by atoms with van der Waals surface area (Å²) in [5.41, 5.74) is -0.391. The first-order valence-corrected chi connectivity index (χ1v) is 15.0. The highest BCUT2D eigenvalue weighted by atomic mass is 35.5. The van der Waals surface area contributed by atoms with E-state index in [-0.39, 0.29) is 49.5 Å². The Morgan fingerprint density at radius 3 is 2.38 bits per heavy atom. The SMILES string of the molecule is C[C@H](C(=O)NC1CCCC1)N(Cc1cccc(Cl)c1)C(=O)CCCN(c1cccc(C(F)(F)F)c1)S(C)(=O)=O. The van der Waals surface area contributed by atoms with Crippen molar-refractivity contribution in [3.05, 3.63) is 64.7 Å². The molecule has 0 bridgehead atoms. The molecule has 1 N–H and O–H groups in total. The van der Waals surface area contributed by atoms with E-state index in [4.69, 9.17) is 11.6 Å². The molecule has 12 heteroatoms. The van der Waals surface area contributed by atoms with Crippen molar-refractivity contribution in [3.63, 3.8) is 0 Å². The van der Waals surface area contributed by atoms with Crippen molar-refractivity contribution in [1.82, 2.24) is 10.2 Å². The molecule has 1 aliphatic rings. The van der Waals surface area contributed by atoms with Gasteiger partial charge >= 0.3 is 6.18 Å². The maximum absolute atomic E-state index is 13.4. The van der Waals surface area contributed by atoms with Crippen LogP contribution < -0.4 is 9.62 Å². The molecular formula is C27H33ClF3N3O4S. The summed E-state index contributed by atoms with van der Waals surface area (Å²) >= 11 is 6.11. The number of halogens is 4. The normalized spacial score (nSPS) is 15.1. The van der Waals surface area contributed by atoms with Crippen LogP contribution in [0.2, 0.25) is 5.02 Å². The average molecular weight is 588 g/mol. The van der Waals surface area contributed by atoms with E-state index in [1.807, 2.05) is 0 Å². The number of carbonyl (C=O) groups is 2. The van der Waals surface area contributed by atoms with Crippen LogP contribution in [0.3, 0.4) is 0 Å². The molecule has 1 saturated carbocycles. The van der Waals surface area contributed by atoms with E-state index in [1.165, 1.54) is 11.0 Å². The molecule has 0 spiro atoms. The average Bonchev–Trinajstić information content (AvgIpc) is 3.36. The Labute approximate surface area is 232 Å². The van der Waals surface area contributed by atoms with Gasteiger partial charge in [0.15, 0.2) is 0 Å². The van der Waals surface area contributed by atoms with Gasteiger partial charge in [-0.1, -0.05) is 42.6 Å². The van der Waals surface area contributed by atoms with Crippen molar-refractivity contribution in [2.24, 2.45) is 0 Å². The summed E-state index contributed by atoms with van der Waals surface area (Å²) in [4.78, 5) is 27.8. The topological polar surface area (TPSA) is 86.8 Å². The number of anilines is 1. The third-order valence-corrected chi connectivity index (χ3v) is 8.15. The maximum atomic E-state index is 13.4. The number of benzene rings is 2. The van der Waals surface area contributed by atoms with Gasteiger partial charge in [-0.2, -0.15) is 13.2 Å². The van der Waals surface area contributed by atoms with Crippen LogP contribution in [0.1, 0.15) is 56.6 Å². The minimum atomic E-state index is -4.63. The van der Waals surface area contributed by atoms with Crippen LogP contribution in [0.25, 0.3) is 0 Å². The predicted octanol–water partition coefficient (Wildman–Crippen LogP) is 5.38. The Morgan fingerprint density at radius 1 is 1.10 bits per heavy atom. The molecular weight excluding hydrogens is 555 g/mol. The van der Waals surface area contributed by atoms with Crippen molar-refractivity contribution in [3.8, 4) is 0 Å². The van der Waals surface area contributed by atoms with Gasteiger partial charge in [0.1, 0.15) is 6.04 Å². The van der Waals surface area contributed by atoms with Crippen molar-refractivity contribution in [2.75, 3.05) is 17.1 Å². The molecule has 3 rings (SSSR count). The summed E-state index contributed by atoms with van der Waals surface area (Å²) in [6.07, 6.45) is 0.0223. The van der Waals surface area contributed by atoms with Gasteiger partial charge in [-0.15, -0.1) is 0 Å². The molecule has 2 aromatic rings. The fourth-order valence-corrected chi connectivity index (χ4v) is 5.82. The monoisotopic (exact) mass is 587 g/mol. The third kappa shape index (κ3) is 8.86. The van der Waals surface area contributed by atoms with Crippen molar-refractivity contribution < 1.29 is 31.2 Å². The number of alkyl halides is 3. The number of nitrogens with zero attached hydrogens (tertiary/aromatic N) is 2. The lowest BCUT2D eigenvalue weighted by atomic mass is 10.1.